The molecule has 1 saturated carbocycles. The number of allylic oxidation sites excluding steroid dienone is 18. The zero-order valence-electron chi connectivity index (χ0n) is 13.4. The van der Waals surface area contributed by atoms with Gasteiger partial charge in [0.05, 0.1) is 0 Å². The molecular weight excluding hydrogens is 288 g/mol. The van der Waals surface area contributed by atoms with Gasteiger partial charge in [0.25, 0.3) is 0 Å². The summed E-state index contributed by atoms with van der Waals surface area (Å²) in [5.74, 6) is 3.97. The third kappa shape index (κ3) is 1.20. The highest BCUT2D eigenvalue weighted by Crippen LogP contribution is 2.65. The molecule has 7 aliphatic carbocycles. The molecule has 0 aliphatic heterocycles. The average molecular weight is 306 g/mol. The van der Waals surface area contributed by atoms with Gasteiger partial charge in [-0.2, -0.15) is 0 Å². The van der Waals surface area contributed by atoms with Gasteiger partial charge in [0.2, 0.25) is 0 Å². The van der Waals surface area contributed by atoms with Crippen LogP contribution in [0.5, 0.6) is 0 Å². The van der Waals surface area contributed by atoms with E-state index in [0.29, 0.717) is 35.5 Å². The lowest BCUT2D eigenvalue weighted by atomic mass is 9.43. The summed E-state index contributed by atoms with van der Waals surface area (Å²) in [7, 11) is 0. The maximum absolute atomic E-state index is 2.39. The molecule has 0 heteroatoms. The molecule has 0 aromatic rings. The van der Waals surface area contributed by atoms with Crippen LogP contribution in [0.2, 0.25) is 0 Å². The molecule has 114 valence electrons. The minimum atomic E-state index is 0.662. The molecule has 0 aromatic heterocycles. The summed E-state index contributed by atoms with van der Waals surface area (Å²) in [5.41, 5.74) is 9.37. The molecule has 0 aromatic carbocycles. The van der Waals surface area contributed by atoms with Crippen LogP contribution in [0.15, 0.2) is 106 Å². The molecule has 0 atom stereocenters. The van der Waals surface area contributed by atoms with Crippen molar-refractivity contribution >= 4 is 0 Å². The van der Waals surface area contributed by atoms with Crippen molar-refractivity contribution < 1.29 is 0 Å². The molecule has 7 aliphatic rings. The standard InChI is InChI=1S/C24H18/c1-2-14-5-6-16-9-11-18-12-10-17-8-7-15-4-3-13(1)19-20(14)22(16)24(18)23(17)21(15)19/h1-12,19-24H. The van der Waals surface area contributed by atoms with E-state index in [1.165, 1.54) is 0 Å². The second-order valence-electron chi connectivity index (χ2n) is 8.15. The molecular formula is C24H18. The predicted molar refractivity (Wildman–Crippen MR) is 96.9 cm³/mol. The first-order valence-corrected chi connectivity index (χ1v) is 9.20. The van der Waals surface area contributed by atoms with Gasteiger partial charge in [-0.15, -0.1) is 0 Å². The SMILES string of the molecule is C1=CC2=CC=C3C=CC4=CC=C5C=CC6=CC=C1C1C2C3C4C5C61. The van der Waals surface area contributed by atoms with Crippen LogP contribution in [0.25, 0.3) is 0 Å². The topological polar surface area (TPSA) is 0 Å². The van der Waals surface area contributed by atoms with Gasteiger partial charge in [-0.3, -0.25) is 0 Å². The Morgan fingerprint density at radius 1 is 0.292 bits per heavy atom. The number of hydrogen-bond donors (Lipinski definition) is 0. The van der Waals surface area contributed by atoms with Crippen molar-refractivity contribution in [2.45, 2.75) is 0 Å². The first-order valence-electron chi connectivity index (χ1n) is 9.20. The fourth-order valence-corrected chi connectivity index (χ4v) is 6.65. The Labute approximate surface area is 142 Å². The third-order valence-electron chi connectivity index (χ3n) is 7.44. The smallest absolute Gasteiger partial charge is 0.00120 e. The van der Waals surface area contributed by atoms with Crippen molar-refractivity contribution in [1.82, 2.24) is 0 Å². The molecule has 0 spiro atoms. The van der Waals surface area contributed by atoms with Crippen LogP contribution in [0.1, 0.15) is 0 Å². The highest BCUT2D eigenvalue weighted by molar-refractivity contribution is 5.60. The minimum Gasteiger partial charge on any atom is -0.0584 e. The van der Waals surface area contributed by atoms with Crippen LogP contribution in [-0.2, 0) is 0 Å². The van der Waals surface area contributed by atoms with E-state index in [1.54, 1.807) is 33.4 Å². The second kappa shape index (κ2) is 3.83. The summed E-state index contributed by atoms with van der Waals surface area (Å²) >= 11 is 0. The summed E-state index contributed by atoms with van der Waals surface area (Å²) in [6.07, 6.45) is 28.7. The van der Waals surface area contributed by atoms with E-state index in [-0.39, 0.29) is 0 Å². The van der Waals surface area contributed by atoms with Gasteiger partial charge in [-0.1, -0.05) is 72.9 Å². The maximum atomic E-state index is 2.39. The average Bonchev–Trinajstić information content (AvgIpc) is 2.65. The molecule has 0 heterocycles. The molecule has 0 bridgehead atoms. The van der Waals surface area contributed by atoms with E-state index < -0.39 is 0 Å². The van der Waals surface area contributed by atoms with Gasteiger partial charge in [0.15, 0.2) is 0 Å². The normalized spacial score (nSPS) is 44.0. The van der Waals surface area contributed by atoms with E-state index in [2.05, 4.69) is 72.9 Å². The molecule has 0 N–H and O–H groups in total. The number of rotatable bonds is 0. The largest absolute Gasteiger partial charge is 0.0584 e. The van der Waals surface area contributed by atoms with E-state index in [1.807, 2.05) is 0 Å². The Morgan fingerprint density at radius 2 is 0.458 bits per heavy atom. The van der Waals surface area contributed by atoms with Crippen LogP contribution in [0.4, 0.5) is 0 Å². The maximum Gasteiger partial charge on any atom is -0.00120 e. The van der Waals surface area contributed by atoms with Gasteiger partial charge in [0, 0.05) is 0 Å². The Hall–Kier alpha value is -2.34. The first kappa shape index (κ1) is 12.1. The van der Waals surface area contributed by atoms with Crippen molar-refractivity contribution in [2.75, 3.05) is 0 Å². The summed E-state index contributed by atoms with van der Waals surface area (Å²) in [5, 5.41) is 0. The van der Waals surface area contributed by atoms with Crippen molar-refractivity contribution in [2.24, 2.45) is 35.5 Å². The molecule has 0 amide bonds. The lowest BCUT2D eigenvalue weighted by molar-refractivity contribution is 0.0845. The first-order chi connectivity index (χ1) is 11.9. The zero-order chi connectivity index (χ0) is 15.4. The molecule has 0 nitrogen and oxygen atoms in total. The molecule has 24 heavy (non-hydrogen) atoms. The minimum absolute atomic E-state index is 0.662. The lowest BCUT2D eigenvalue weighted by Crippen LogP contribution is -2.53. The van der Waals surface area contributed by atoms with Crippen molar-refractivity contribution in [3.05, 3.63) is 106 Å². The zero-order valence-corrected chi connectivity index (χ0v) is 13.4. The number of hydrogen-bond acceptors (Lipinski definition) is 0. The van der Waals surface area contributed by atoms with Gasteiger partial charge in [-0.05, 0) is 68.9 Å². The van der Waals surface area contributed by atoms with Gasteiger partial charge in [0.1, 0.15) is 0 Å². The Bertz CT molecular complexity index is 761. The molecule has 0 saturated heterocycles. The van der Waals surface area contributed by atoms with Crippen molar-refractivity contribution in [3.63, 3.8) is 0 Å². The van der Waals surface area contributed by atoms with Crippen LogP contribution in [0, 0.1) is 35.5 Å². The second-order valence-corrected chi connectivity index (χ2v) is 8.15. The van der Waals surface area contributed by atoms with Crippen molar-refractivity contribution in [3.8, 4) is 0 Å². The Morgan fingerprint density at radius 3 is 0.625 bits per heavy atom. The van der Waals surface area contributed by atoms with Gasteiger partial charge >= 0.3 is 0 Å². The quantitative estimate of drug-likeness (QED) is 0.590. The van der Waals surface area contributed by atoms with Crippen molar-refractivity contribution in [1.29, 1.82) is 0 Å². The van der Waals surface area contributed by atoms with Crippen LogP contribution >= 0.6 is 0 Å². The summed E-state index contributed by atoms with van der Waals surface area (Å²) in [6, 6.07) is 0. The van der Waals surface area contributed by atoms with E-state index in [4.69, 9.17) is 0 Å². The van der Waals surface area contributed by atoms with Crippen LogP contribution in [0.3, 0.4) is 0 Å². The van der Waals surface area contributed by atoms with Crippen LogP contribution in [-0.4, -0.2) is 0 Å². The monoisotopic (exact) mass is 306 g/mol. The summed E-state index contributed by atoms with van der Waals surface area (Å²) in [4.78, 5) is 0. The van der Waals surface area contributed by atoms with Gasteiger partial charge < -0.3 is 0 Å². The predicted octanol–water partition coefficient (Wildman–Crippen LogP) is 5.01. The Kier molecular flexibility index (Phi) is 1.93. The lowest BCUT2D eigenvalue weighted by Gasteiger charge is -2.59. The van der Waals surface area contributed by atoms with Crippen LogP contribution < -0.4 is 0 Å². The van der Waals surface area contributed by atoms with E-state index in [0.717, 1.165) is 0 Å². The summed E-state index contributed by atoms with van der Waals surface area (Å²) in [6.45, 7) is 0. The summed E-state index contributed by atoms with van der Waals surface area (Å²) < 4.78 is 0. The molecule has 0 unspecified atom stereocenters. The van der Waals surface area contributed by atoms with E-state index >= 15 is 0 Å². The molecule has 1 fully saturated rings. The molecule has 7 rings (SSSR count). The third-order valence-corrected chi connectivity index (χ3v) is 7.44. The molecule has 0 radical (unpaired) electrons. The highest BCUT2D eigenvalue weighted by atomic mass is 14.6. The van der Waals surface area contributed by atoms with E-state index in [9.17, 15) is 0 Å². The van der Waals surface area contributed by atoms with Gasteiger partial charge in [-0.25, -0.2) is 0 Å². The fourth-order valence-electron chi connectivity index (χ4n) is 6.65. The highest BCUT2D eigenvalue weighted by Gasteiger charge is 2.58. The Balaban J connectivity index is 1.61. The fraction of sp³-hybridized carbons (Fsp3) is 0.250.